The Morgan fingerprint density at radius 3 is 1.79 bits per heavy atom. The number of cyclic esters (lactones) is 2. The smallest absolute Gasteiger partial charge is 0.414 e. The highest BCUT2D eigenvalue weighted by molar-refractivity contribution is 7.18. The summed E-state index contributed by atoms with van der Waals surface area (Å²) in [5, 5.41) is 6.75. The van der Waals surface area contributed by atoms with Crippen LogP contribution in [0.1, 0.15) is 58.4 Å². The topological polar surface area (TPSA) is 162 Å². The number of amides is 2. The van der Waals surface area contributed by atoms with Gasteiger partial charge in [-0.2, -0.15) is 0 Å². The molecule has 4 aromatic rings. The van der Waals surface area contributed by atoms with Crippen molar-refractivity contribution in [2.45, 2.75) is 51.2 Å². The summed E-state index contributed by atoms with van der Waals surface area (Å²) in [4.78, 5) is 57.9. The molecule has 0 saturated carbocycles. The van der Waals surface area contributed by atoms with Crippen LogP contribution in [0.5, 0.6) is 0 Å². The highest BCUT2D eigenvalue weighted by Gasteiger charge is 2.34. The number of benzene rings is 2. The minimum atomic E-state index is -0.399. The van der Waals surface area contributed by atoms with Gasteiger partial charge in [-0.15, -0.1) is 22.7 Å². The lowest BCUT2D eigenvalue weighted by atomic mass is 10.1. The van der Waals surface area contributed by atoms with Gasteiger partial charge in [-0.05, 0) is 92.7 Å². The maximum atomic E-state index is 12.3. The zero-order chi connectivity index (χ0) is 41.2. The molecule has 3 aliphatic heterocycles. The SMILES string of the molecule is CCC1=NCCN(c2ccc(N3C[C@H](CCC(=O)c4ccc(Cl)s4)OC3=O)cc2)N1.CNCCN(N)c1ccc(N2C[C@H](CCC(=O)c3ccc(Cl)s3)OC2=O)cc1. The molecule has 0 unspecified atom stereocenters. The second kappa shape index (κ2) is 20.3. The quantitative estimate of drug-likeness (QED) is 0.0572. The lowest BCUT2D eigenvalue weighted by Crippen LogP contribution is -2.47. The van der Waals surface area contributed by atoms with Crippen molar-refractivity contribution in [3.8, 4) is 0 Å². The van der Waals surface area contributed by atoms with Gasteiger partial charge in [-0.3, -0.25) is 34.8 Å². The molecule has 2 aromatic carbocycles. The van der Waals surface area contributed by atoms with Crippen LogP contribution in [0, 0.1) is 0 Å². The summed E-state index contributed by atoms with van der Waals surface area (Å²) in [5.41, 5.74) is 6.71. The average Bonchev–Trinajstić information content (AvgIpc) is 4.05. The van der Waals surface area contributed by atoms with Crippen molar-refractivity contribution in [1.29, 1.82) is 0 Å². The highest BCUT2D eigenvalue weighted by Crippen LogP contribution is 2.30. The van der Waals surface area contributed by atoms with Crippen LogP contribution in [0.3, 0.4) is 0 Å². The molecular weight excluding hydrogens is 824 g/mol. The van der Waals surface area contributed by atoms with Crippen LogP contribution in [-0.4, -0.2) is 88.1 Å². The Morgan fingerprint density at radius 1 is 0.828 bits per heavy atom. The molecular formula is C40H46Cl2N8O6S2. The number of rotatable bonds is 16. The van der Waals surface area contributed by atoms with E-state index >= 15 is 0 Å². The third-order valence-corrected chi connectivity index (χ3v) is 12.2. The number of carbonyl (C=O) groups is 4. The molecule has 2 saturated heterocycles. The third-order valence-electron chi connectivity index (χ3n) is 9.62. The van der Waals surface area contributed by atoms with Gasteiger partial charge >= 0.3 is 12.2 Å². The first-order chi connectivity index (χ1) is 28.0. The van der Waals surface area contributed by atoms with E-state index < -0.39 is 6.09 Å². The standard InChI is InChI=1S/C21H23ClN4O3S.C19H23ClN4O3S/c1-2-20-23-11-12-26(24-20)15-5-3-14(4-6-15)25-13-16(29-21(25)28)7-8-17(27)18-9-10-19(22)30-18;1-22-10-11-24(21)14-4-2-13(3-5-14)23-12-15(27-19(23)26)6-7-16(25)17-8-9-18(20)28-17/h3-6,9-10,16H,2,7-8,11-13H2,1H3,(H,23,24);2-5,8-9,15,22H,6-7,10-12,21H2,1H3/t16-;15-/m00/s1. The zero-order valence-corrected chi connectivity index (χ0v) is 35.3. The number of ketones is 2. The first-order valence-electron chi connectivity index (χ1n) is 19.0. The van der Waals surface area contributed by atoms with E-state index in [0.29, 0.717) is 63.7 Å². The van der Waals surface area contributed by atoms with Gasteiger partial charge in [-0.25, -0.2) is 15.4 Å². The molecule has 2 amide bonds. The maximum absolute atomic E-state index is 12.3. The first kappa shape index (κ1) is 42.9. The Labute approximate surface area is 355 Å². The lowest BCUT2D eigenvalue weighted by Gasteiger charge is -2.30. The second-order valence-corrected chi connectivity index (χ2v) is 17.1. The number of carbonyl (C=O) groups excluding carboxylic acids is 4. The van der Waals surface area contributed by atoms with Crippen molar-refractivity contribution in [2.24, 2.45) is 10.8 Å². The van der Waals surface area contributed by atoms with E-state index in [4.69, 9.17) is 38.5 Å². The molecule has 5 heterocycles. The summed E-state index contributed by atoms with van der Waals surface area (Å²) < 4.78 is 12.1. The normalized spacial score (nSPS) is 17.6. The monoisotopic (exact) mass is 868 g/mol. The summed E-state index contributed by atoms with van der Waals surface area (Å²) in [6.07, 6.45) is 1.08. The van der Waals surface area contributed by atoms with Gasteiger partial charge in [0.05, 0.1) is 56.0 Å². The summed E-state index contributed by atoms with van der Waals surface area (Å²) in [5.74, 6) is 7.01. The molecule has 0 aliphatic carbocycles. The Balaban J connectivity index is 0.000000196. The summed E-state index contributed by atoms with van der Waals surface area (Å²) in [6, 6.07) is 22.1. The van der Waals surface area contributed by atoms with E-state index in [0.717, 1.165) is 54.6 Å². The predicted molar refractivity (Wildman–Crippen MR) is 232 cm³/mol. The first-order valence-corrected chi connectivity index (χ1v) is 21.4. The number of thiophene rings is 2. The number of hydrogen-bond donors (Lipinski definition) is 3. The molecule has 4 N–H and O–H groups in total. The molecule has 3 aliphatic rings. The zero-order valence-electron chi connectivity index (χ0n) is 32.2. The lowest BCUT2D eigenvalue weighted by molar-refractivity contribution is 0.0939. The van der Waals surface area contributed by atoms with Gasteiger partial charge in [0.2, 0.25) is 0 Å². The fourth-order valence-corrected chi connectivity index (χ4v) is 8.46. The Kier molecular flexibility index (Phi) is 15.0. The van der Waals surface area contributed by atoms with E-state index in [1.54, 1.807) is 39.1 Å². The number of halogens is 2. The van der Waals surface area contributed by atoms with Crippen LogP contribution < -0.4 is 36.4 Å². The van der Waals surface area contributed by atoms with Crippen LogP contribution in [0.15, 0.2) is 77.8 Å². The van der Waals surface area contributed by atoms with Crippen LogP contribution in [0.4, 0.5) is 32.3 Å². The van der Waals surface area contributed by atoms with Gasteiger partial charge in [0.1, 0.15) is 18.0 Å². The summed E-state index contributed by atoms with van der Waals surface area (Å²) in [6.45, 7) is 5.92. The van der Waals surface area contributed by atoms with Gasteiger partial charge in [0.15, 0.2) is 11.6 Å². The number of hydrogen-bond acceptors (Lipinski definition) is 14. The number of Topliss-reactive ketones (excluding diaryl/α,β-unsaturated/α-hetero) is 2. The number of likely N-dealkylation sites (N-methyl/N-ethyl adjacent to an activating group) is 1. The molecule has 2 fully saturated rings. The van der Waals surface area contributed by atoms with E-state index in [1.807, 2.05) is 55.6 Å². The number of ether oxygens (including phenoxy) is 2. The molecule has 58 heavy (non-hydrogen) atoms. The number of nitrogens with two attached hydrogens (primary N) is 1. The van der Waals surface area contributed by atoms with Gasteiger partial charge in [-0.1, -0.05) is 30.1 Å². The highest BCUT2D eigenvalue weighted by atomic mass is 35.5. The number of nitrogens with one attached hydrogen (secondary N) is 2. The fraction of sp³-hybridized carbons (Fsp3) is 0.375. The van der Waals surface area contributed by atoms with E-state index in [9.17, 15) is 19.2 Å². The van der Waals surface area contributed by atoms with Crippen LogP contribution in [0.25, 0.3) is 0 Å². The summed E-state index contributed by atoms with van der Waals surface area (Å²) in [7, 11) is 1.87. The van der Waals surface area contributed by atoms with Crippen LogP contribution >= 0.6 is 45.9 Å². The third kappa shape index (κ3) is 11.3. The van der Waals surface area contributed by atoms with Gasteiger partial charge in [0, 0.05) is 43.7 Å². The Morgan fingerprint density at radius 2 is 1.33 bits per heavy atom. The van der Waals surface area contributed by atoms with Crippen LogP contribution in [-0.2, 0) is 9.47 Å². The Hall–Kier alpha value is -4.71. The minimum Gasteiger partial charge on any atom is -0.444 e. The predicted octanol–water partition coefficient (Wildman–Crippen LogP) is 7.81. The van der Waals surface area contributed by atoms with Crippen molar-refractivity contribution in [3.05, 3.63) is 91.2 Å². The second-order valence-electron chi connectivity index (χ2n) is 13.6. The number of hydrazine groups is 2. The van der Waals surface area contributed by atoms with Crippen molar-refractivity contribution in [1.82, 2.24) is 10.7 Å². The molecule has 14 nitrogen and oxygen atoms in total. The molecule has 18 heteroatoms. The van der Waals surface area contributed by atoms with E-state index in [2.05, 4.69) is 27.7 Å². The van der Waals surface area contributed by atoms with Crippen molar-refractivity contribution >= 4 is 98.2 Å². The van der Waals surface area contributed by atoms with Gasteiger partial charge < -0.3 is 19.8 Å². The summed E-state index contributed by atoms with van der Waals surface area (Å²) >= 11 is 14.3. The molecule has 2 aromatic heterocycles. The number of aliphatic imine (C=N–C) groups is 1. The molecule has 0 spiro atoms. The molecule has 2 atom stereocenters. The number of anilines is 4. The molecule has 0 bridgehead atoms. The largest absolute Gasteiger partial charge is 0.444 e. The van der Waals surface area contributed by atoms with Crippen molar-refractivity contribution < 1.29 is 28.7 Å². The van der Waals surface area contributed by atoms with Crippen LogP contribution in [0.2, 0.25) is 8.67 Å². The molecule has 7 rings (SSSR count). The maximum Gasteiger partial charge on any atom is 0.414 e. The van der Waals surface area contributed by atoms with Gasteiger partial charge in [0.25, 0.3) is 0 Å². The van der Waals surface area contributed by atoms with E-state index in [1.165, 1.54) is 22.7 Å². The van der Waals surface area contributed by atoms with E-state index in [-0.39, 0.29) is 29.9 Å². The van der Waals surface area contributed by atoms with Crippen molar-refractivity contribution in [3.63, 3.8) is 0 Å². The minimum absolute atomic E-state index is 0.0142. The number of amidine groups is 1. The Bertz CT molecular complexity index is 2080. The fourth-order valence-electron chi connectivity index (χ4n) is 6.44. The molecule has 0 radical (unpaired) electrons. The number of nitrogens with zero attached hydrogens (tertiary/aromatic N) is 5. The average molecular weight is 870 g/mol. The molecule has 308 valence electrons. The van der Waals surface area contributed by atoms with Crippen molar-refractivity contribution in [2.75, 3.05) is 66.1 Å².